The number of carbonyl (C=O) groups is 3. The van der Waals surface area contributed by atoms with E-state index < -0.39 is 6.10 Å². The molecule has 0 saturated heterocycles. The zero-order chi connectivity index (χ0) is 38.0. The van der Waals surface area contributed by atoms with Crippen LogP contribution in [0.2, 0.25) is 0 Å². The molecular weight excluding hydrogens is 648 g/mol. The minimum absolute atomic E-state index is 0.0859. The molecule has 0 saturated carbocycles. The Labute approximate surface area is 320 Å². The van der Waals surface area contributed by atoms with Crippen molar-refractivity contribution < 1.29 is 28.6 Å². The minimum Gasteiger partial charge on any atom is -0.462 e. The van der Waals surface area contributed by atoms with Crippen LogP contribution in [0.25, 0.3) is 0 Å². The van der Waals surface area contributed by atoms with Crippen LogP contribution in [-0.2, 0) is 28.6 Å². The molecule has 300 valence electrons. The predicted octanol–water partition coefficient (Wildman–Crippen LogP) is 13.6. The van der Waals surface area contributed by atoms with E-state index in [1.807, 2.05) is 0 Å². The summed E-state index contributed by atoms with van der Waals surface area (Å²) in [7, 11) is 0. The molecule has 0 aliphatic carbocycles. The number of unbranched alkanes of at least 4 members (excludes halogenated alkanes) is 19. The molecule has 0 aromatic heterocycles. The average Bonchev–Trinajstić information content (AvgIpc) is 3.14. The number of esters is 3. The van der Waals surface area contributed by atoms with E-state index in [0.717, 1.165) is 89.9 Å². The molecule has 0 heterocycles. The Morgan fingerprint density at radius 1 is 0.404 bits per heavy atom. The first-order valence-corrected chi connectivity index (χ1v) is 21.6. The summed E-state index contributed by atoms with van der Waals surface area (Å²) in [5.74, 6) is -0.944. The van der Waals surface area contributed by atoms with Gasteiger partial charge in [-0.3, -0.25) is 14.4 Å². The maximum atomic E-state index is 12.6. The van der Waals surface area contributed by atoms with E-state index >= 15 is 0 Å². The van der Waals surface area contributed by atoms with E-state index in [4.69, 9.17) is 14.2 Å². The van der Waals surface area contributed by atoms with Gasteiger partial charge in [-0.1, -0.05) is 179 Å². The fourth-order valence-corrected chi connectivity index (χ4v) is 5.84. The molecule has 1 atom stereocenters. The van der Waals surface area contributed by atoms with Gasteiger partial charge in [0.2, 0.25) is 0 Å². The van der Waals surface area contributed by atoms with Gasteiger partial charge >= 0.3 is 17.9 Å². The third-order valence-electron chi connectivity index (χ3n) is 9.10. The van der Waals surface area contributed by atoms with Crippen LogP contribution >= 0.6 is 0 Å². The van der Waals surface area contributed by atoms with Gasteiger partial charge in [0, 0.05) is 19.3 Å². The van der Waals surface area contributed by atoms with Crippen molar-refractivity contribution in [3.05, 3.63) is 48.6 Å². The maximum Gasteiger partial charge on any atom is 0.306 e. The first-order valence-electron chi connectivity index (χ1n) is 21.6. The van der Waals surface area contributed by atoms with E-state index in [0.29, 0.717) is 19.3 Å². The number of ether oxygens (including phenoxy) is 3. The SMILES string of the molecule is CC/C=C\C/C=C\C/C=C\C/C=C\CCCCC(=O)OCC(COC(=O)CCCCCCC)OC(=O)CCCCCCCCCCCCCCCC. The predicted molar refractivity (Wildman–Crippen MR) is 219 cm³/mol. The van der Waals surface area contributed by atoms with Crippen LogP contribution in [0.4, 0.5) is 0 Å². The summed E-state index contributed by atoms with van der Waals surface area (Å²) >= 11 is 0. The molecule has 0 spiro atoms. The van der Waals surface area contributed by atoms with E-state index in [9.17, 15) is 14.4 Å². The third-order valence-corrected chi connectivity index (χ3v) is 9.10. The molecule has 6 heteroatoms. The molecular formula is C46H80O6. The lowest BCUT2D eigenvalue weighted by atomic mass is 10.0. The molecule has 0 aliphatic heterocycles. The molecule has 52 heavy (non-hydrogen) atoms. The first kappa shape index (κ1) is 49.4. The molecule has 1 unspecified atom stereocenters. The Morgan fingerprint density at radius 3 is 1.17 bits per heavy atom. The topological polar surface area (TPSA) is 78.9 Å². The van der Waals surface area contributed by atoms with Crippen molar-refractivity contribution >= 4 is 17.9 Å². The highest BCUT2D eigenvalue weighted by Gasteiger charge is 2.19. The summed E-state index contributed by atoms with van der Waals surface area (Å²) in [4.78, 5) is 37.4. The normalized spacial score (nSPS) is 12.4. The number of hydrogen-bond acceptors (Lipinski definition) is 6. The van der Waals surface area contributed by atoms with Crippen LogP contribution in [0, 0.1) is 0 Å². The second kappa shape index (κ2) is 41.1. The van der Waals surface area contributed by atoms with Crippen LogP contribution in [-0.4, -0.2) is 37.2 Å². The molecule has 0 bridgehead atoms. The van der Waals surface area contributed by atoms with Gasteiger partial charge in [0.15, 0.2) is 6.10 Å². The highest BCUT2D eigenvalue weighted by molar-refractivity contribution is 5.71. The minimum atomic E-state index is -0.781. The summed E-state index contributed by atoms with van der Waals surface area (Å²) in [5.41, 5.74) is 0. The molecule has 0 fully saturated rings. The summed E-state index contributed by atoms with van der Waals surface area (Å²) < 4.78 is 16.5. The Morgan fingerprint density at radius 2 is 0.750 bits per heavy atom. The highest BCUT2D eigenvalue weighted by atomic mass is 16.6. The van der Waals surface area contributed by atoms with Crippen LogP contribution < -0.4 is 0 Å². The van der Waals surface area contributed by atoms with Gasteiger partial charge in [0.1, 0.15) is 13.2 Å². The molecule has 0 amide bonds. The van der Waals surface area contributed by atoms with Crippen molar-refractivity contribution in [3.8, 4) is 0 Å². The number of carbonyl (C=O) groups excluding carboxylic acids is 3. The lowest BCUT2D eigenvalue weighted by Gasteiger charge is -2.18. The summed E-state index contributed by atoms with van der Waals surface area (Å²) in [6, 6.07) is 0. The smallest absolute Gasteiger partial charge is 0.306 e. The highest BCUT2D eigenvalue weighted by Crippen LogP contribution is 2.14. The zero-order valence-electron chi connectivity index (χ0n) is 34.1. The third kappa shape index (κ3) is 38.6. The molecule has 0 aromatic carbocycles. The van der Waals surface area contributed by atoms with Gasteiger partial charge < -0.3 is 14.2 Å². The molecule has 0 aromatic rings. The van der Waals surface area contributed by atoms with Gasteiger partial charge in [-0.05, 0) is 57.8 Å². The van der Waals surface area contributed by atoms with Crippen molar-refractivity contribution in [1.29, 1.82) is 0 Å². The summed E-state index contributed by atoms with van der Waals surface area (Å²) in [5, 5.41) is 0. The Balaban J connectivity index is 4.31. The van der Waals surface area contributed by atoms with E-state index in [1.165, 1.54) is 77.0 Å². The fourth-order valence-electron chi connectivity index (χ4n) is 5.84. The Bertz CT molecular complexity index is 933. The largest absolute Gasteiger partial charge is 0.462 e. The summed E-state index contributed by atoms with van der Waals surface area (Å²) in [6.45, 7) is 6.39. The standard InChI is InChI=1S/C46H80O6/c1-4-7-10-13-15-17-19-21-23-25-26-28-30-33-36-39-45(48)51-42-43(41-50-44(47)38-35-32-12-9-6-3)52-46(49)40-37-34-31-29-27-24-22-20-18-16-14-11-8-5-2/h7,10,15,17,21,23,26,28,43H,4-6,8-9,11-14,16,18-20,22,24-25,27,29-42H2,1-3H3/b10-7-,17-15-,23-21-,28-26-. The molecule has 6 nitrogen and oxygen atoms in total. The first-order chi connectivity index (χ1) is 25.5. The quantitative estimate of drug-likeness (QED) is 0.0272. The van der Waals surface area contributed by atoms with Crippen molar-refractivity contribution in [2.75, 3.05) is 13.2 Å². The Kier molecular flexibility index (Phi) is 39.1. The zero-order valence-corrected chi connectivity index (χ0v) is 34.1. The van der Waals surface area contributed by atoms with Crippen LogP contribution in [0.3, 0.4) is 0 Å². The summed E-state index contributed by atoms with van der Waals surface area (Å²) in [6.07, 6.45) is 47.0. The lowest BCUT2D eigenvalue weighted by molar-refractivity contribution is -0.167. The van der Waals surface area contributed by atoms with Gasteiger partial charge in [0.05, 0.1) is 0 Å². The number of rotatable bonds is 38. The number of allylic oxidation sites excluding steroid dienone is 8. The van der Waals surface area contributed by atoms with Crippen LogP contribution in [0.5, 0.6) is 0 Å². The van der Waals surface area contributed by atoms with E-state index in [1.54, 1.807) is 0 Å². The van der Waals surface area contributed by atoms with Crippen LogP contribution in [0.1, 0.15) is 207 Å². The van der Waals surface area contributed by atoms with Gasteiger partial charge in [0.25, 0.3) is 0 Å². The average molecular weight is 729 g/mol. The lowest BCUT2D eigenvalue weighted by Crippen LogP contribution is -2.30. The second-order valence-corrected chi connectivity index (χ2v) is 14.2. The molecule has 0 rings (SSSR count). The van der Waals surface area contributed by atoms with Crippen molar-refractivity contribution in [2.24, 2.45) is 0 Å². The second-order valence-electron chi connectivity index (χ2n) is 14.2. The Hall–Kier alpha value is -2.63. The maximum absolute atomic E-state index is 12.6. The monoisotopic (exact) mass is 729 g/mol. The van der Waals surface area contributed by atoms with Crippen molar-refractivity contribution in [2.45, 2.75) is 213 Å². The molecule has 0 radical (unpaired) electrons. The molecule has 0 N–H and O–H groups in total. The number of hydrogen-bond donors (Lipinski definition) is 0. The molecule has 0 aliphatic rings. The van der Waals surface area contributed by atoms with Gasteiger partial charge in [-0.15, -0.1) is 0 Å². The van der Waals surface area contributed by atoms with Gasteiger partial charge in [-0.25, -0.2) is 0 Å². The van der Waals surface area contributed by atoms with Gasteiger partial charge in [-0.2, -0.15) is 0 Å². The van der Waals surface area contributed by atoms with Crippen LogP contribution in [0.15, 0.2) is 48.6 Å². The van der Waals surface area contributed by atoms with E-state index in [2.05, 4.69) is 69.4 Å². The van der Waals surface area contributed by atoms with Crippen molar-refractivity contribution in [1.82, 2.24) is 0 Å². The van der Waals surface area contributed by atoms with Crippen molar-refractivity contribution in [3.63, 3.8) is 0 Å². The van der Waals surface area contributed by atoms with E-state index in [-0.39, 0.29) is 31.1 Å². The fraction of sp³-hybridized carbons (Fsp3) is 0.761.